The molecule has 138 valence electrons. The van der Waals surface area contributed by atoms with Crippen LogP contribution >= 0.6 is 0 Å². The number of aromatic nitrogens is 1. The zero-order chi connectivity index (χ0) is 17.2. The van der Waals surface area contributed by atoms with Gasteiger partial charge < -0.3 is 14.6 Å². The minimum Gasteiger partial charge on any atom is -0.383 e. The molecule has 3 aliphatic rings. The van der Waals surface area contributed by atoms with Crippen molar-refractivity contribution >= 4 is 0 Å². The average Bonchev–Trinajstić information content (AvgIpc) is 2.64. The Labute approximate surface area is 149 Å². The van der Waals surface area contributed by atoms with E-state index in [-0.39, 0.29) is 5.56 Å². The molecule has 0 unspecified atom stereocenters. The summed E-state index contributed by atoms with van der Waals surface area (Å²) in [4.78, 5) is 17.9. The standard InChI is InChI=1S/C19H30N4O2/c1-25-9-8-21-4-6-22(7-5-21)14-16-2-3-18-17-10-15(11-20-12-17)13-23(18)19(16)24/h2-3,15,17,20H,4-14H2,1H3/t15-,17+/m0/s1. The summed E-state index contributed by atoms with van der Waals surface area (Å²) in [6, 6.07) is 4.29. The molecule has 4 rings (SSSR count). The average molecular weight is 346 g/mol. The van der Waals surface area contributed by atoms with Gasteiger partial charge in [0.05, 0.1) is 6.61 Å². The molecule has 1 aromatic heterocycles. The summed E-state index contributed by atoms with van der Waals surface area (Å²) < 4.78 is 7.24. The molecule has 2 bridgehead atoms. The van der Waals surface area contributed by atoms with Gasteiger partial charge in [-0.15, -0.1) is 0 Å². The number of rotatable bonds is 5. The number of hydrogen-bond donors (Lipinski definition) is 1. The maximum atomic E-state index is 13.0. The maximum Gasteiger partial charge on any atom is 0.255 e. The van der Waals surface area contributed by atoms with Gasteiger partial charge in [0.15, 0.2) is 0 Å². The summed E-state index contributed by atoms with van der Waals surface area (Å²) >= 11 is 0. The van der Waals surface area contributed by atoms with E-state index < -0.39 is 0 Å². The molecule has 0 radical (unpaired) electrons. The maximum absolute atomic E-state index is 13.0. The highest BCUT2D eigenvalue weighted by molar-refractivity contribution is 5.22. The van der Waals surface area contributed by atoms with E-state index in [4.69, 9.17) is 4.74 Å². The Balaban J connectivity index is 1.42. The summed E-state index contributed by atoms with van der Waals surface area (Å²) in [7, 11) is 1.75. The number of ether oxygens (including phenoxy) is 1. The van der Waals surface area contributed by atoms with Crippen LogP contribution in [0.25, 0.3) is 0 Å². The van der Waals surface area contributed by atoms with Crippen LogP contribution in [0.5, 0.6) is 0 Å². The first-order valence-corrected chi connectivity index (χ1v) is 9.61. The molecule has 1 N–H and O–H groups in total. The van der Waals surface area contributed by atoms with Crippen molar-refractivity contribution < 1.29 is 4.74 Å². The Bertz CT molecular complexity index is 651. The molecule has 2 saturated heterocycles. The monoisotopic (exact) mass is 346 g/mol. The molecule has 0 saturated carbocycles. The number of methoxy groups -OCH3 is 1. The van der Waals surface area contributed by atoms with E-state index in [1.807, 2.05) is 0 Å². The van der Waals surface area contributed by atoms with Gasteiger partial charge in [0, 0.05) is 76.6 Å². The highest BCUT2D eigenvalue weighted by Gasteiger charge is 2.31. The van der Waals surface area contributed by atoms with Gasteiger partial charge in [-0.3, -0.25) is 14.6 Å². The molecular weight excluding hydrogens is 316 g/mol. The molecule has 3 aliphatic heterocycles. The molecule has 0 aromatic carbocycles. The lowest BCUT2D eigenvalue weighted by Gasteiger charge is -2.38. The van der Waals surface area contributed by atoms with Gasteiger partial charge >= 0.3 is 0 Å². The quantitative estimate of drug-likeness (QED) is 0.832. The van der Waals surface area contributed by atoms with Crippen molar-refractivity contribution in [2.24, 2.45) is 5.92 Å². The predicted molar refractivity (Wildman–Crippen MR) is 98.0 cm³/mol. The topological polar surface area (TPSA) is 49.7 Å². The Morgan fingerprint density at radius 3 is 2.76 bits per heavy atom. The fourth-order valence-electron chi connectivity index (χ4n) is 4.59. The van der Waals surface area contributed by atoms with E-state index in [9.17, 15) is 4.79 Å². The smallest absolute Gasteiger partial charge is 0.255 e. The fraction of sp³-hybridized carbons (Fsp3) is 0.737. The van der Waals surface area contributed by atoms with Crippen LogP contribution < -0.4 is 10.9 Å². The Morgan fingerprint density at radius 1 is 1.16 bits per heavy atom. The van der Waals surface area contributed by atoms with Crippen LogP contribution in [-0.2, 0) is 17.8 Å². The van der Waals surface area contributed by atoms with Crippen molar-refractivity contribution in [2.75, 3.05) is 59.5 Å². The van der Waals surface area contributed by atoms with Gasteiger partial charge in [-0.05, 0) is 24.9 Å². The zero-order valence-electron chi connectivity index (χ0n) is 15.2. The van der Waals surface area contributed by atoms with Gasteiger partial charge in [0.1, 0.15) is 0 Å². The normalized spacial score (nSPS) is 27.2. The van der Waals surface area contributed by atoms with E-state index in [1.165, 1.54) is 12.1 Å². The Morgan fingerprint density at radius 2 is 1.96 bits per heavy atom. The molecule has 1 aromatic rings. The Hall–Kier alpha value is -1.21. The Kier molecular flexibility index (Phi) is 5.22. The van der Waals surface area contributed by atoms with Crippen LogP contribution in [0.3, 0.4) is 0 Å². The van der Waals surface area contributed by atoms with Gasteiger partial charge in [0.25, 0.3) is 5.56 Å². The largest absolute Gasteiger partial charge is 0.383 e. The zero-order valence-corrected chi connectivity index (χ0v) is 15.2. The molecule has 0 spiro atoms. The second kappa shape index (κ2) is 7.58. The fourth-order valence-corrected chi connectivity index (χ4v) is 4.59. The second-order valence-electron chi connectivity index (χ2n) is 7.77. The van der Waals surface area contributed by atoms with Crippen molar-refractivity contribution in [3.8, 4) is 0 Å². The lowest BCUT2D eigenvalue weighted by Crippen LogP contribution is -2.48. The molecule has 0 aliphatic carbocycles. The summed E-state index contributed by atoms with van der Waals surface area (Å²) in [5.74, 6) is 1.13. The number of piperazine rings is 1. The van der Waals surface area contributed by atoms with E-state index in [0.717, 1.165) is 71.1 Å². The first-order chi connectivity index (χ1) is 12.2. The minimum atomic E-state index is 0.246. The molecule has 2 atom stereocenters. The summed E-state index contributed by atoms with van der Waals surface area (Å²) in [5.41, 5.74) is 2.44. The first-order valence-electron chi connectivity index (χ1n) is 9.61. The molecule has 4 heterocycles. The van der Waals surface area contributed by atoms with E-state index in [1.54, 1.807) is 7.11 Å². The lowest BCUT2D eigenvalue weighted by molar-refractivity contribution is 0.0935. The number of nitrogens with one attached hydrogen (secondary N) is 1. The van der Waals surface area contributed by atoms with Crippen LogP contribution in [0.1, 0.15) is 23.6 Å². The molecular formula is C19H30N4O2. The summed E-state index contributed by atoms with van der Waals surface area (Å²) in [6.07, 6.45) is 1.23. The molecule has 6 nitrogen and oxygen atoms in total. The number of hydrogen-bond acceptors (Lipinski definition) is 5. The number of fused-ring (bicyclic) bond motifs is 4. The first kappa shape index (κ1) is 17.2. The van der Waals surface area contributed by atoms with Gasteiger partial charge in [0.2, 0.25) is 0 Å². The molecule has 6 heteroatoms. The van der Waals surface area contributed by atoms with Crippen LogP contribution in [0.4, 0.5) is 0 Å². The third-order valence-corrected chi connectivity index (χ3v) is 6.06. The van der Waals surface area contributed by atoms with Gasteiger partial charge in [-0.2, -0.15) is 0 Å². The van der Waals surface area contributed by atoms with Crippen molar-refractivity contribution in [1.29, 1.82) is 0 Å². The minimum absolute atomic E-state index is 0.246. The summed E-state index contributed by atoms with van der Waals surface area (Å²) in [5, 5.41) is 3.51. The number of nitrogens with zero attached hydrogens (tertiary/aromatic N) is 3. The predicted octanol–water partition coefficient (Wildman–Crippen LogP) is 0.319. The molecule has 0 amide bonds. The highest BCUT2D eigenvalue weighted by atomic mass is 16.5. The highest BCUT2D eigenvalue weighted by Crippen LogP contribution is 2.31. The van der Waals surface area contributed by atoms with Crippen molar-refractivity contribution in [1.82, 2.24) is 19.7 Å². The molecule has 2 fully saturated rings. The van der Waals surface area contributed by atoms with Crippen molar-refractivity contribution in [2.45, 2.75) is 25.4 Å². The van der Waals surface area contributed by atoms with Gasteiger partial charge in [-0.1, -0.05) is 6.07 Å². The van der Waals surface area contributed by atoms with Crippen LogP contribution in [0.15, 0.2) is 16.9 Å². The number of piperidine rings is 1. The third-order valence-electron chi connectivity index (χ3n) is 6.06. The van der Waals surface area contributed by atoms with E-state index >= 15 is 0 Å². The van der Waals surface area contributed by atoms with Crippen LogP contribution in [0.2, 0.25) is 0 Å². The number of pyridine rings is 1. The summed E-state index contributed by atoms with van der Waals surface area (Å²) in [6.45, 7) is 9.71. The van der Waals surface area contributed by atoms with Crippen molar-refractivity contribution in [3.05, 3.63) is 33.7 Å². The second-order valence-corrected chi connectivity index (χ2v) is 7.77. The van der Waals surface area contributed by atoms with Crippen molar-refractivity contribution in [3.63, 3.8) is 0 Å². The SMILES string of the molecule is COCCN1CCN(Cc2ccc3n(c2=O)C[C@@H]2CNC[C@H]3C2)CC1. The molecule has 25 heavy (non-hydrogen) atoms. The van der Waals surface area contributed by atoms with Crippen LogP contribution in [-0.4, -0.2) is 73.9 Å². The lowest BCUT2D eigenvalue weighted by atomic mass is 9.84. The van der Waals surface area contributed by atoms with Crippen LogP contribution in [0, 0.1) is 5.92 Å². The van der Waals surface area contributed by atoms with E-state index in [2.05, 4.69) is 31.8 Å². The third kappa shape index (κ3) is 3.67. The van der Waals surface area contributed by atoms with Gasteiger partial charge in [-0.25, -0.2) is 0 Å². The van der Waals surface area contributed by atoms with E-state index in [0.29, 0.717) is 11.8 Å².